The second kappa shape index (κ2) is 5.95. The molecule has 1 saturated carbocycles. The SMILES string of the molecule is CC1CCCC(Cn2c(CCl)nc3cc(Cl)ccc32)C1. The highest BCUT2D eigenvalue weighted by atomic mass is 35.5. The summed E-state index contributed by atoms with van der Waals surface area (Å²) in [6, 6.07) is 5.92. The van der Waals surface area contributed by atoms with Crippen LogP contribution in [0.1, 0.15) is 38.4 Å². The van der Waals surface area contributed by atoms with E-state index in [1.807, 2.05) is 12.1 Å². The minimum Gasteiger partial charge on any atom is -0.327 e. The first kappa shape index (κ1) is 14.2. The van der Waals surface area contributed by atoms with Gasteiger partial charge in [-0.3, -0.25) is 0 Å². The van der Waals surface area contributed by atoms with Crippen LogP contribution in [0.25, 0.3) is 11.0 Å². The van der Waals surface area contributed by atoms with E-state index in [4.69, 9.17) is 23.2 Å². The Morgan fingerprint density at radius 2 is 2.20 bits per heavy atom. The van der Waals surface area contributed by atoms with Crippen LogP contribution in [0.15, 0.2) is 18.2 Å². The van der Waals surface area contributed by atoms with E-state index in [1.54, 1.807) is 0 Å². The van der Waals surface area contributed by atoms with Gasteiger partial charge in [0.15, 0.2) is 0 Å². The molecule has 2 nitrogen and oxygen atoms in total. The summed E-state index contributed by atoms with van der Waals surface area (Å²) in [6.07, 6.45) is 5.36. The maximum Gasteiger partial charge on any atom is 0.124 e. The minimum absolute atomic E-state index is 0.453. The summed E-state index contributed by atoms with van der Waals surface area (Å²) in [5.74, 6) is 3.00. The Balaban J connectivity index is 1.93. The van der Waals surface area contributed by atoms with Gasteiger partial charge in [-0.25, -0.2) is 4.98 Å². The van der Waals surface area contributed by atoms with E-state index in [0.717, 1.165) is 40.3 Å². The van der Waals surface area contributed by atoms with Gasteiger partial charge in [0.1, 0.15) is 5.82 Å². The van der Waals surface area contributed by atoms with Crippen LogP contribution < -0.4 is 0 Å². The van der Waals surface area contributed by atoms with Crippen molar-refractivity contribution in [3.63, 3.8) is 0 Å². The topological polar surface area (TPSA) is 17.8 Å². The smallest absolute Gasteiger partial charge is 0.124 e. The van der Waals surface area contributed by atoms with E-state index in [1.165, 1.54) is 25.7 Å². The van der Waals surface area contributed by atoms with Crippen molar-refractivity contribution in [2.75, 3.05) is 0 Å². The molecule has 0 bridgehead atoms. The summed E-state index contributed by atoms with van der Waals surface area (Å²) >= 11 is 12.1. The van der Waals surface area contributed by atoms with Gasteiger partial charge >= 0.3 is 0 Å². The summed E-state index contributed by atoms with van der Waals surface area (Å²) in [5.41, 5.74) is 2.11. The van der Waals surface area contributed by atoms with E-state index >= 15 is 0 Å². The molecule has 4 heteroatoms. The number of nitrogens with zero attached hydrogens (tertiary/aromatic N) is 2. The molecule has 0 N–H and O–H groups in total. The Kier molecular flexibility index (Phi) is 4.23. The van der Waals surface area contributed by atoms with Gasteiger partial charge in [-0.05, 0) is 42.9 Å². The quantitative estimate of drug-likeness (QED) is 0.707. The molecule has 3 rings (SSSR count). The Morgan fingerprint density at radius 1 is 1.35 bits per heavy atom. The maximum absolute atomic E-state index is 6.07. The first-order valence-corrected chi connectivity index (χ1v) is 8.29. The molecule has 20 heavy (non-hydrogen) atoms. The molecule has 0 radical (unpaired) electrons. The normalized spacial score (nSPS) is 23.4. The number of hydrogen-bond acceptors (Lipinski definition) is 1. The fourth-order valence-electron chi connectivity index (χ4n) is 3.44. The van der Waals surface area contributed by atoms with Crippen LogP contribution in [0.3, 0.4) is 0 Å². The average molecular weight is 311 g/mol. The molecule has 2 atom stereocenters. The third-order valence-corrected chi connectivity index (χ3v) is 4.87. The molecule has 1 aromatic carbocycles. The molecule has 0 spiro atoms. The third kappa shape index (κ3) is 2.82. The van der Waals surface area contributed by atoms with Crippen molar-refractivity contribution in [1.29, 1.82) is 0 Å². The van der Waals surface area contributed by atoms with Gasteiger partial charge in [0.25, 0.3) is 0 Å². The second-order valence-electron chi connectivity index (χ2n) is 6.04. The second-order valence-corrected chi connectivity index (χ2v) is 6.75. The lowest BCUT2D eigenvalue weighted by Crippen LogP contribution is -2.19. The predicted molar refractivity (Wildman–Crippen MR) is 85.4 cm³/mol. The molecule has 108 valence electrons. The van der Waals surface area contributed by atoms with E-state index in [0.29, 0.717) is 5.88 Å². The number of hydrogen-bond donors (Lipinski definition) is 0. The van der Waals surface area contributed by atoms with Crippen LogP contribution in [0, 0.1) is 11.8 Å². The highest BCUT2D eigenvalue weighted by Crippen LogP contribution is 2.31. The molecule has 2 unspecified atom stereocenters. The standard InChI is InChI=1S/C16H20Cl2N2/c1-11-3-2-4-12(7-11)10-20-15-6-5-13(18)8-14(15)19-16(20)9-17/h5-6,8,11-12H,2-4,7,9-10H2,1H3. The zero-order chi connectivity index (χ0) is 14.1. The summed E-state index contributed by atoms with van der Waals surface area (Å²) in [5, 5.41) is 0.731. The van der Waals surface area contributed by atoms with Crippen LogP contribution in [0.2, 0.25) is 5.02 Å². The Labute approximate surface area is 130 Å². The number of alkyl halides is 1. The van der Waals surface area contributed by atoms with Crippen LogP contribution in [-0.2, 0) is 12.4 Å². The Hall–Kier alpha value is -0.730. The molecule has 1 fully saturated rings. The highest BCUT2D eigenvalue weighted by molar-refractivity contribution is 6.31. The van der Waals surface area contributed by atoms with E-state index in [2.05, 4.69) is 22.5 Å². The summed E-state index contributed by atoms with van der Waals surface area (Å²) in [7, 11) is 0. The fraction of sp³-hybridized carbons (Fsp3) is 0.562. The first-order chi connectivity index (χ1) is 9.67. The van der Waals surface area contributed by atoms with E-state index < -0.39 is 0 Å². The van der Waals surface area contributed by atoms with Gasteiger partial charge in [0.05, 0.1) is 16.9 Å². The maximum atomic E-state index is 6.07. The lowest BCUT2D eigenvalue weighted by molar-refractivity contribution is 0.257. The summed E-state index contributed by atoms with van der Waals surface area (Å²) in [6.45, 7) is 3.39. The lowest BCUT2D eigenvalue weighted by Gasteiger charge is -2.27. The summed E-state index contributed by atoms with van der Waals surface area (Å²) in [4.78, 5) is 4.62. The Bertz CT molecular complexity index is 606. The highest BCUT2D eigenvalue weighted by Gasteiger charge is 2.21. The minimum atomic E-state index is 0.453. The zero-order valence-corrected chi connectivity index (χ0v) is 13.3. The molecule has 0 aliphatic heterocycles. The monoisotopic (exact) mass is 310 g/mol. The predicted octanol–water partition coefficient (Wildman–Crippen LogP) is 5.25. The molecule has 1 heterocycles. The van der Waals surface area contributed by atoms with Crippen LogP contribution >= 0.6 is 23.2 Å². The van der Waals surface area contributed by atoms with Gasteiger partial charge in [-0.1, -0.05) is 31.4 Å². The van der Waals surface area contributed by atoms with Crippen molar-refractivity contribution in [2.24, 2.45) is 11.8 Å². The molecular formula is C16H20Cl2N2. The van der Waals surface area contributed by atoms with Crippen molar-refractivity contribution in [3.05, 3.63) is 29.0 Å². The van der Waals surface area contributed by atoms with Crippen LogP contribution in [0.4, 0.5) is 0 Å². The van der Waals surface area contributed by atoms with Crippen molar-refractivity contribution >= 4 is 34.2 Å². The molecule has 0 saturated heterocycles. The van der Waals surface area contributed by atoms with Gasteiger partial charge in [-0.2, -0.15) is 0 Å². The van der Waals surface area contributed by atoms with Gasteiger partial charge in [0.2, 0.25) is 0 Å². The molecule has 1 aromatic heterocycles. The summed E-state index contributed by atoms with van der Waals surface area (Å²) < 4.78 is 2.29. The number of aromatic nitrogens is 2. The largest absolute Gasteiger partial charge is 0.327 e. The van der Waals surface area contributed by atoms with E-state index in [9.17, 15) is 0 Å². The van der Waals surface area contributed by atoms with Crippen molar-refractivity contribution in [3.8, 4) is 0 Å². The van der Waals surface area contributed by atoms with Crippen molar-refractivity contribution in [1.82, 2.24) is 9.55 Å². The van der Waals surface area contributed by atoms with Crippen LogP contribution in [-0.4, -0.2) is 9.55 Å². The van der Waals surface area contributed by atoms with Gasteiger partial charge < -0.3 is 4.57 Å². The number of benzene rings is 1. The van der Waals surface area contributed by atoms with E-state index in [-0.39, 0.29) is 0 Å². The number of imidazole rings is 1. The van der Waals surface area contributed by atoms with Crippen molar-refractivity contribution in [2.45, 2.75) is 45.0 Å². The zero-order valence-electron chi connectivity index (χ0n) is 11.8. The first-order valence-electron chi connectivity index (χ1n) is 7.38. The molecule has 1 aliphatic rings. The number of halogens is 2. The fourth-order valence-corrected chi connectivity index (χ4v) is 3.81. The van der Waals surface area contributed by atoms with Gasteiger partial charge in [-0.15, -0.1) is 11.6 Å². The Morgan fingerprint density at radius 3 is 2.95 bits per heavy atom. The van der Waals surface area contributed by atoms with Crippen LogP contribution in [0.5, 0.6) is 0 Å². The molecule has 2 aromatic rings. The number of rotatable bonds is 3. The third-order valence-electron chi connectivity index (χ3n) is 4.39. The molecule has 1 aliphatic carbocycles. The lowest BCUT2D eigenvalue weighted by atomic mass is 9.82. The van der Waals surface area contributed by atoms with Crippen molar-refractivity contribution < 1.29 is 0 Å². The molecule has 0 amide bonds. The average Bonchev–Trinajstić information content (AvgIpc) is 2.76. The number of fused-ring (bicyclic) bond motifs is 1. The molecular weight excluding hydrogens is 291 g/mol. The van der Waals surface area contributed by atoms with Gasteiger partial charge in [0, 0.05) is 11.6 Å².